The third kappa shape index (κ3) is 4.65. The predicted octanol–water partition coefficient (Wildman–Crippen LogP) is 0.829. The lowest BCUT2D eigenvalue weighted by molar-refractivity contribution is -0.143. The fourth-order valence-corrected chi connectivity index (χ4v) is 1.67. The summed E-state index contributed by atoms with van der Waals surface area (Å²) < 4.78 is 6.67. The molecule has 0 fully saturated rings. The first-order chi connectivity index (χ1) is 8.95. The van der Waals surface area contributed by atoms with E-state index in [9.17, 15) is 4.79 Å². The van der Waals surface area contributed by atoms with Crippen molar-refractivity contribution in [3.05, 3.63) is 18.0 Å². The van der Waals surface area contributed by atoms with E-state index >= 15 is 0 Å². The summed E-state index contributed by atoms with van der Waals surface area (Å²) in [7, 11) is 5.38. The van der Waals surface area contributed by atoms with E-state index in [2.05, 4.69) is 15.3 Å². The lowest BCUT2D eigenvalue weighted by Crippen LogP contribution is -2.34. The molecule has 0 aliphatic carbocycles. The van der Waals surface area contributed by atoms with Gasteiger partial charge in [0.15, 0.2) is 0 Å². The molecule has 0 amide bonds. The van der Waals surface area contributed by atoms with Crippen LogP contribution in [0.3, 0.4) is 0 Å². The van der Waals surface area contributed by atoms with Crippen molar-refractivity contribution in [2.24, 2.45) is 0 Å². The average molecular weight is 268 g/mol. The van der Waals surface area contributed by atoms with Crippen molar-refractivity contribution < 1.29 is 9.53 Å². The SMILES string of the molecule is COC(=O)C(NCCN(C)C)c1cnn(C(C)C)c1. The van der Waals surface area contributed by atoms with Crippen LogP contribution in [0.25, 0.3) is 0 Å². The average Bonchev–Trinajstić information content (AvgIpc) is 2.82. The van der Waals surface area contributed by atoms with Crippen LogP contribution in [0.2, 0.25) is 0 Å². The first-order valence-electron chi connectivity index (χ1n) is 6.45. The Balaban J connectivity index is 2.75. The van der Waals surface area contributed by atoms with Crippen LogP contribution in [0, 0.1) is 0 Å². The highest BCUT2D eigenvalue weighted by Gasteiger charge is 2.22. The Hall–Kier alpha value is -1.40. The molecule has 0 spiro atoms. The fraction of sp³-hybridized carbons (Fsp3) is 0.692. The van der Waals surface area contributed by atoms with Gasteiger partial charge in [-0.3, -0.25) is 10.00 Å². The summed E-state index contributed by atoms with van der Waals surface area (Å²) in [5.41, 5.74) is 0.833. The quantitative estimate of drug-likeness (QED) is 0.742. The Morgan fingerprint density at radius 2 is 2.21 bits per heavy atom. The van der Waals surface area contributed by atoms with Crippen LogP contribution in [0.5, 0.6) is 0 Å². The molecule has 1 N–H and O–H groups in total. The van der Waals surface area contributed by atoms with Crippen LogP contribution in [0.15, 0.2) is 12.4 Å². The standard InChI is InChI=1S/C13H24N4O2/c1-10(2)17-9-11(8-15-17)12(13(18)19-5)14-6-7-16(3)4/h8-10,12,14H,6-7H2,1-5H3. The Morgan fingerprint density at radius 3 is 2.68 bits per heavy atom. The zero-order valence-electron chi connectivity index (χ0n) is 12.4. The number of rotatable bonds is 7. The third-order valence-electron chi connectivity index (χ3n) is 2.83. The highest BCUT2D eigenvalue weighted by molar-refractivity contribution is 5.77. The second-order valence-corrected chi connectivity index (χ2v) is 5.06. The van der Waals surface area contributed by atoms with Crippen LogP contribution in [-0.2, 0) is 9.53 Å². The van der Waals surface area contributed by atoms with Crippen LogP contribution >= 0.6 is 0 Å². The number of nitrogens with zero attached hydrogens (tertiary/aromatic N) is 3. The van der Waals surface area contributed by atoms with Crippen LogP contribution in [0.1, 0.15) is 31.5 Å². The summed E-state index contributed by atoms with van der Waals surface area (Å²) in [6, 6.07) is -0.189. The summed E-state index contributed by atoms with van der Waals surface area (Å²) in [5.74, 6) is -0.290. The van der Waals surface area contributed by atoms with E-state index in [0.717, 1.165) is 12.1 Å². The Bertz CT molecular complexity index is 401. The van der Waals surface area contributed by atoms with Gasteiger partial charge in [-0.2, -0.15) is 5.10 Å². The number of nitrogens with one attached hydrogen (secondary N) is 1. The number of aromatic nitrogens is 2. The van der Waals surface area contributed by atoms with Gasteiger partial charge in [0.05, 0.1) is 13.3 Å². The molecule has 1 heterocycles. The van der Waals surface area contributed by atoms with Crippen molar-refractivity contribution in [3.63, 3.8) is 0 Å². The van der Waals surface area contributed by atoms with Crippen molar-refractivity contribution in [3.8, 4) is 0 Å². The van der Waals surface area contributed by atoms with Crippen molar-refractivity contribution in [2.45, 2.75) is 25.9 Å². The minimum atomic E-state index is -0.461. The van der Waals surface area contributed by atoms with Gasteiger partial charge in [-0.15, -0.1) is 0 Å². The molecule has 0 saturated carbocycles. The number of ether oxygens (including phenoxy) is 1. The van der Waals surface area contributed by atoms with Gasteiger partial charge in [0.25, 0.3) is 0 Å². The number of hydrogen-bond donors (Lipinski definition) is 1. The van der Waals surface area contributed by atoms with Gasteiger partial charge >= 0.3 is 5.97 Å². The molecule has 0 bridgehead atoms. The van der Waals surface area contributed by atoms with Gasteiger partial charge in [0.1, 0.15) is 6.04 Å². The molecule has 0 aliphatic rings. The number of carbonyl (C=O) groups excluding carboxylic acids is 1. The topological polar surface area (TPSA) is 59.4 Å². The van der Waals surface area contributed by atoms with Gasteiger partial charge in [-0.25, -0.2) is 4.79 Å². The van der Waals surface area contributed by atoms with Gasteiger partial charge in [0.2, 0.25) is 0 Å². The molecule has 1 aromatic heterocycles. The highest BCUT2D eigenvalue weighted by atomic mass is 16.5. The Labute approximate surface area is 114 Å². The molecule has 108 valence electrons. The molecule has 19 heavy (non-hydrogen) atoms. The zero-order chi connectivity index (χ0) is 14.4. The maximum absolute atomic E-state index is 11.8. The summed E-state index contributed by atoms with van der Waals surface area (Å²) in [6.45, 7) is 5.65. The maximum atomic E-state index is 11.8. The number of carbonyl (C=O) groups is 1. The normalized spacial score (nSPS) is 13.0. The predicted molar refractivity (Wildman–Crippen MR) is 73.9 cm³/mol. The summed E-state index contributed by atoms with van der Waals surface area (Å²) >= 11 is 0. The summed E-state index contributed by atoms with van der Waals surface area (Å²) in [5, 5.41) is 7.46. The minimum Gasteiger partial charge on any atom is -0.468 e. The molecule has 1 aromatic rings. The molecular formula is C13H24N4O2. The fourth-order valence-electron chi connectivity index (χ4n) is 1.67. The van der Waals surface area contributed by atoms with E-state index in [4.69, 9.17) is 4.74 Å². The molecule has 6 heteroatoms. The Morgan fingerprint density at radius 1 is 1.53 bits per heavy atom. The smallest absolute Gasteiger partial charge is 0.327 e. The van der Waals surface area contributed by atoms with Gasteiger partial charge < -0.3 is 9.64 Å². The summed E-state index contributed by atoms with van der Waals surface area (Å²) in [4.78, 5) is 13.9. The van der Waals surface area contributed by atoms with Crippen molar-refractivity contribution in [1.29, 1.82) is 0 Å². The van der Waals surface area contributed by atoms with Crippen LogP contribution < -0.4 is 5.32 Å². The molecule has 0 aromatic carbocycles. The van der Waals surface area contributed by atoms with Gasteiger partial charge in [-0.1, -0.05) is 0 Å². The van der Waals surface area contributed by atoms with E-state index in [1.54, 1.807) is 6.20 Å². The van der Waals surface area contributed by atoms with Crippen molar-refractivity contribution in [1.82, 2.24) is 20.0 Å². The zero-order valence-corrected chi connectivity index (χ0v) is 12.4. The van der Waals surface area contributed by atoms with E-state index < -0.39 is 6.04 Å². The number of likely N-dealkylation sites (N-methyl/N-ethyl adjacent to an activating group) is 1. The summed E-state index contributed by atoms with van der Waals surface area (Å²) in [6.07, 6.45) is 3.60. The molecule has 0 saturated heterocycles. The van der Waals surface area contributed by atoms with E-state index in [0.29, 0.717) is 6.54 Å². The molecule has 1 unspecified atom stereocenters. The van der Waals surface area contributed by atoms with E-state index in [1.165, 1.54) is 7.11 Å². The van der Waals surface area contributed by atoms with Gasteiger partial charge in [-0.05, 0) is 27.9 Å². The van der Waals surface area contributed by atoms with Gasteiger partial charge in [0, 0.05) is 30.9 Å². The number of esters is 1. The largest absolute Gasteiger partial charge is 0.468 e. The number of hydrogen-bond acceptors (Lipinski definition) is 5. The first-order valence-corrected chi connectivity index (χ1v) is 6.45. The number of methoxy groups -OCH3 is 1. The Kier molecular flexibility index (Phi) is 5.98. The molecular weight excluding hydrogens is 244 g/mol. The molecule has 1 rings (SSSR count). The second-order valence-electron chi connectivity index (χ2n) is 5.06. The first kappa shape index (κ1) is 15.7. The van der Waals surface area contributed by atoms with Crippen molar-refractivity contribution in [2.75, 3.05) is 34.3 Å². The van der Waals surface area contributed by atoms with E-state index in [-0.39, 0.29) is 12.0 Å². The minimum absolute atomic E-state index is 0.272. The van der Waals surface area contributed by atoms with E-state index in [1.807, 2.05) is 38.8 Å². The van der Waals surface area contributed by atoms with Crippen molar-refractivity contribution >= 4 is 5.97 Å². The molecule has 6 nitrogen and oxygen atoms in total. The molecule has 1 atom stereocenters. The lowest BCUT2D eigenvalue weighted by Gasteiger charge is -2.17. The second kappa shape index (κ2) is 7.25. The highest BCUT2D eigenvalue weighted by Crippen LogP contribution is 2.15. The molecule has 0 radical (unpaired) electrons. The monoisotopic (exact) mass is 268 g/mol. The third-order valence-corrected chi connectivity index (χ3v) is 2.83. The van der Waals surface area contributed by atoms with Crippen LogP contribution in [0.4, 0.5) is 0 Å². The molecule has 0 aliphatic heterocycles. The lowest BCUT2D eigenvalue weighted by atomic mass is 10.1. The van der Waals surface area contributed by atoms with Crippen LogP contribution in [-0.4, -0.2) is 54.9 Å². The maximum Gasteiger partial charge on any atom is 0.327 e.